The Morgan fingerprint density at radius 2 is 2.24 bits per heavy atom. The first-order valence-corrected chi connectivity index (χ1v) is 6.68. The number of benzene rings is 1. The molecule has 0 amide bonds. The maximum Gasteiger partial charge on any atom is 0.195 e. The standard InChI is InChI=1S/C11H12BrN3OS/c1-7(16)9-4-3-8(5-10(9)12)17-11-14-13-6-15(11)2/h3-7,16H,1-2H3/t7-/m0/s1. The largest absolute Gasteiger partial charge is 0.389 e. The van der Waals surface area contributed by atoms with Crippen molar-refractivity contribution >= 4 is 27.7 Å². The minimum absolute atomic E-state index is 0.474. The molecule has 0 spiro atoms. The van der Waals surface area contributed by atoms with Crippen molar-refractivity contribution in [2.45, 2.75) is 23.1 Å². The lowest BCUT2D eigenvalue weighted by Crippen LogP contribution is -1.93. The van der Waals surface area contributed by atoms with Gasteiger partial charge in [-0.05, 0) is 36.4 Å². The van der Waals surface area contributed by atoms with Gasteiger partial charge in [0.05, 0.1) is 6.10 Å². The number of hydrogen-bond acceptors (Lipinski definition) is 4. The summed E-state index contributed by atoms with van der Waals surface area (Å²) in [6.07, 6.45) is 1.19. The summed E-state index contributed by atoms with van der Waals surface area (Å²) in [6, 6.07) is 5.85. The van der Waals surface area contributed by atoms with Crippen LogP contribution in [0.15, 0.2) is 39.1 Å². The van der Waals surface area contributed by atoms with Crippen LogP contribution >= 0.6 is 27.7 Å². The number of rotatable bonds is 3. The summed E-state index contributed by atoms with van der Waals surface area (Å²) in [7, 11) is 1.90. The van der Waals surface area contributed by atoms with E-state index in [0.717, 1.165) is 20.1 Å². The lowest BCUT2D eigenvalue weighted by Gasteiger charge is -2.09. The Kier molecular flexibility index (Phi) is 3.86. The van der Waals surface area contributed by atoms with Gasteiger partial charge in [0, 0.05) is 16.4 Å². The van der Waals surface area contributed by atoms with Crippen molar-refractivity contribution in [2.24, 2.45) is 7.05 Å². The van der Waals surface area contributed by atoms with Crippen LogP contribution in [0.1, 0.15) is 18.6 Å². The second-order valence-electron chi connectivity index (χ2n) is 3.69. The van der Waals surface area contributed by atoms with Gasteiger partial charge in [0.25, 0.3) is 0 Å². The normalized spacial score (nSPS) is 12.7. The molecule has 6 heteroatoms. The molecule has 0 saturated heterocycles. The zero-order chi connectivity index (χ0) is 12.4. The third kappa shape index (κ3) is 2.88. The van der Waals surface area contributed by atoms with Crippen LogP contribution in [0, 0.1) is 0 Å². The fourth-order valence-electron chi connectivity index (χ4n) is 1.38. The summed E-state index contributed by atoms with van der Waals surface area (Å²) in [5.41, 5.74) is 0.882. The highest BCUT2D eigenvalue weighted by Gasteiger charge is 2.09. The maximum atomic E-state index is 9.53. The SMILES string of the molecule is C[C@H](O)c1ccc(Sc2nncn2C)cc1Br. The number of aliphatic hydroxyl groups is 1. The lowest BCUT2D eigenvalue weighted by molar-refractivity contribution is 0.198. The van der Waals surface area contributed by atoms with Crippen LogP contribution in [0.5, 0.6) is 0 Å². The van der Waals surface area contributed by atoms with Crippen molar-refractivity contribution in [2.75, 3.05) is 0 Å². The second-order valence-corrected chi connectivity index (χ2v) is 5.58. The molecule has 0 bridgehead atoms. The average Bonchev–Trinajstić information content (AvgIpc) is 2.64. The molecular formula is C11H12BrN3OS. The summed E-state index contributed by atoms with van der Waals surface area (Å²) in [5, 5.41) is 18.2. The van der Waals surface area contributed by atoms with E-state index < -0.39 is 6.10 Å². The van der Waals surface area contributed by atoms with Gasteiger partial charge in [-0.1, -0.05) is 22.0 Å². The third-order valence-corrected chi connectivity index (χ3v) is 4.03. The number of aliphatic hydroxyl groups excluding tert-OH is 1. The molecular weight excluding hydrogens is 302 g/mol. The predicted molar refractivity (Wildman–Crippen MR) is 69.9 cm³/mol. The van der Waals surface area contributed by atoms with Gasteiger partial charge in [-0.2, -0.15) is 0 Å². The van der Waals surface area contributed by atoms with Gasteiger partial charge in [0.2, 0.25) is 0 Å². The molecule has 0 aliphatic rings. The van der Waals surface area contributed by atoms with Crippen molar-refractivity contribution < 1.29 is 5.11 Å². The predicted octanol–water partition coefficient (Wildman–Crippen LogP) is 2.78. The van der Waals surface area contributed by atoms with Gasteiger partial charge in [0.1, 0.15) is 6.33 Å². The van der Waals surface area contributed by atoms with E-state index in [1.54, 1.807) is 13.3 Å². The Bertz CT molecular complexity index is 527. The van der Waals surface area contributed by atoms with Gasteiger partial charge in [0.15, 0.2) is 5.16 Å². The van der Waals surface area contributed by atoms with Crippen molar-refractivity contribution in [3.63, 3.8) is 0 Å². The molecule has 1 heterocycles. The van der Waals surface area contributed by atoms with Gasteiger partial charge >= 0.3 is 0 Å². The van der Waals surface area contributed by atoms with Gasteiger partial charge in [-0.3, -0.25) is 0 Å². The van der Waals surface area contributed by atoms with Crippen molar-refractivity contribution in [1.29, 1.82) is 0 Å². The number of aryl methyl sites for hydroxylation is 1. The Labute approximate surface area is 112 Å². The van der Waals surface area contributed by atoms with Crippen LogP contribution in [-0.4, -0.2) is 19.9 Å². The summed E-state index contributed by atoms with van der Waals surface area (Å²) >= 11 is 4.99. The van der Waals surface area contributed by atoms with Crippen molar-refractivity contribution in [1.82, 2.24) is 14.8 Å². The zero-order valence-electron chi connectivity index (χ0n) is 9.46. The zero-order valence-corrected chi connectivity index (χ0v) is 11.9. The van der Waals surface area contributed by atoms with Gasteiger partial charge in [-0.15, -0.1) is 10.2 Å². The van der Waals surface area contributed by atoms with E-state index in [1.807, 2.05) is 29.8 Å². The number of aromatic nitrogens is 3. The molecule has 17 heavy (non-hydrogen) atoms. The maximum absolute atomic E-state index is 9.53. The first-order chi connectivity index (χ1) is 8.08. The van der Waals surface area contributed by atoms with Crippen LogP contribution in [0.2, 0.25) is 0 Å². The van der Waals surface area contributed by atoms with E-state index in [0.29, 0.717) is 0 Å². The van der Waals surface area contributed by atoms with Crippen LogP contribution in [-0.2, 0) is 7.05 Å². The van der Waals surface area contributed by atoms with E-state index in [9.17, 15) is 5.11 Å². The summed E-state index contributed by atoms with van der Waals surface area (Å²) in [5.74, 6) is 0. The lowest BCUT2D eigenvalue weighted by atomic mass is 10.1. The minimum Gasteiger partial charge on any atom is -0.389 e. The molecule has 90 valence electrons. The summed E-state index contributed by atoms with van der Waals surface area (Å²) in [6.45, 7) is 1.75. The van der Waals surface area contributed by atoms with E-state index in [2.05, 4.69) is 26.1 Å². The molecule has 2 aromatic rings. The van der Waals surface area contributed by atoms with Crippen LogP contribution in [0.25, 0.3) is 0 Å². The highest BCUT2D eigenvalue weighted by atomic mass is 79.9. The Balaban J connectivity index is 2.24. The highest BCUT2D eigenvalue weighted by Crippen LogP contribution is 2.31. The molecule has 0 aliphatic carbocycles. The Morgan fingerprint density at radius 3 is 2.76 bits per heavy atom. The molecule has 0 radical (unpaired) electrons. The fraction of sp³-hybridized carbons (Fsp3) is 0.273. The van der Waals surface area contributed by atoms with Gasteiger partial charge in [-0.25, -0.2) is 0 Å². The molecule has 1 atom stereocenters. The van der Waals surface area contributed by atoms with Crippen LogP contribution in [0.4, 0.5) is 0 Å². The van der Waals surface area contributed by atoms with E-state index in [4.69, 9.17) is 0 Å². The number of hydrogen-bond donors (Lipinski definition) is 1. The Morgan fingerprint density at radius 1 is 1.47 bits per heavy atom. The second kappa shape index (κ2) is 5.20. The molecule has 1 N–H and O–H groups in total. The van der Waals surface area contributed by atoms with Crippen molar-refractivity contribution in [3.8, 4) is 0 Å². The first-order valence-electron chi connectivity index (χ1n) is 5.07. The molecule has 0 saturated carbocycles. The first kappa shape index (κ1) is 12.6. The molecule has 0 fully saturated rings. The molecule has 1 aromatic heterocycles. The highest BCUT2D eigenvalue weighted by molar-refractivity contribution is 9.10. The molecule has 0 unspecified atom stereocenters. The smallest absolute Gasteiger partial charge is 0.195 e. The Hall–Kier alpha value is -0.850. The third-order valence-electron chi connectivity index (χ3n) is 2.30. The van der Waals surface area contributed by atoms with E-state index in [1.165, 1.54) is 11.8 Å². The van der Waals surface area contributed by atoms with Gasteiger partial charge < -0.3 is 9.67 Å². The quantitative estimate of drug-likeness (QED) is 0.946. The van der Waals surface area contributed by atoms with Crippen molar-refractivity contribution in [3.05, 3.63) is 34.6 Å². The van der Waals surface area contributed by atoms with Crippen LogP contribution in [0.3, 0.4) is 0 Å². The number of nitrogens with zero attached hydrogens (tertiary/aromatic N) is 3. The fourth-order valence-corrected chi connectivity index (χ4v) is 3.04. The minimum atomic E-state index is -0.474. The average molecular weight is 314 g/mol. The molecule has 1 aromatic carbocycles. The molecule has 2 rings (SSSR count). The topological polar surface area (TPSA) is 50.9 Å². The summed E-state index contributed by atoms with van der Waals surface area (Å²) < 4.78 is 2.76. The van der Waals surface area contributed by atoms with Crippen LogP contribution < -0.4 is 0 Å². The van der Waals surface area contributed by atoms with E-state index in [-0.39, 0.29) is 0 Å². The van der Waals surface area contributed by atoms with E-state index >= 15 is 0 Å². The summed E-state index contributed by atoms with van der Waals surface area (Å²) in [4.78, 5) is 1.05. The molecule has 4 nitrogen and oxygen atoms in total. The number of halogens is 1. The molecule has 0 aliphatic heterocycles. The monoisotopic (exact) mass is 313 g/mol.